The van der Waals surface area contributed by atoms with Crippen LogP contribution in [0.4, 0.5) is 4.39 Å². The van der Waals surface area contributed by atoms with E-state index in [-0.39, 0.29) is 22.9 Å². The van der Waals surface area contributed by atoms with Crippen LogP contribution in [-0.2, 0) is 0 Å². The number of halogens is 2. The molecule has 3 rings (SSSR count). The van der Waals surface area contributed by atoms with Gasteiger partial charge in [-0.3, -0.25) is 4.99 Å². The third-order valence-electron chi connectivity index (χ3n) is 4.39. The zero-order chi connectivity index (χ0) is 18.5. The van der Waals surface area contributed by atoms with Crippen molar-refractivity contribution in [3.63, 3.8) is 0 Å². The van der Waals surface area contributed by atoms with Crippen molar-refractivity contribution in [2.75, 3.05) is 0 Å². The van der Waals surface area contributed by atoms with Crippen LogP contribution in [0.3, 0.4) is 0 Å². The molecule has 3 nitrogen and oxygen atoms in total. The van der Waals surface area contributed by atoms with Gasteiger partial charge in [-0.2, -0.15) is 0 Å². The van der Waals surface area contributed by atoms with Gasteiger partial charge < -0.3 is 10.1 Å². The molecule has 1 aliphatic rings. The monoisotopic (exact) mass is 372 g/mol. The Hall–Kier alpha value is -2.17. The predicted octanol–water partition coefficient (Wildman–Crippen LogP) is 6.06. The lowest BCUT2D eigenvalue weighted by molar-refractivity contribution is 0.417. The zero-order valence-electron chi connectivity index (χ0n) is 14.9. The Bertz CT molecular complexity index is 820. The minimum absolute atomic E-state index is 0.0345. The van der Waals surface area contributed by atoms with Gasteiger partial charge in [-0.25, -0.2) is 4.39 Å². The number of ether oxygens (including phenoxy) is 1. The van der Waals surface area contributed by atoms with E-state index in [2.05, 4.69) is 16.4 Å². The number of aliphatic imine (C=N–C) groups is 1. The van der Waals surface area contributed by atoms with Gasteiger partial charge in [0.1, 0.15) is 5.75 Å². The summed E-state index contributed by atoms with van der Waals surface area (Å²) in [5.41, 5.74) is 1.52. The molecule has 136 valence electrons. The Kier molecular flexibility index (Phi) is 6.07. The highest BCUT2D eigenvalue weighted by Crippen LogP contribution is 2.36. The fourth-order valence-corrected chi connectivity index (χ4v) is 3.19. The molecule has 2 atom stereocenters. The molecule has 26 heavy (non-hydrogen) atoms. The molecule has 2 aromatic carbocycles. The van der Waals surface area contributed by atoms with Gasteiger partial charge in [-0.05, 0) is 31.5 Å². The van der Waals surface area contributed by atoms with E-state index in [1.54, 1.807) is 24.3 Å². The summed E-state index contributed by atoms with van der Waals surface area (Å²) in [7, 11) is 0. The summed E-state index contributed by atoms with van der Waals surface area (Å²) in [5, 5.41) is 3.71. The molecule has 0 bridgehead atoms. The van der Waals surface area contributed by atoms with E-state index < -0.39 is 5.82 Å². The van der Waals surface area contributed by atoms with Crippen LogP contribution in [0.1, 0.15) is 38.3 Å². The Morgan fingerprint density at radius 3 is 2.65 bits per heavy atom. The molecule has 0 saturated carbocycles. The highest BCUT2D eigenvalue weighted by Gasteiger charge is 2.23. The van der Waals surface area contributed by atoms with Crippen LogP contribution in [0.15, 0.2) is 59.2 Å². The molecular weight excluding hydrogens is 351 g/mol. The first kappa shape index (κ1) is 18.6. The Morgan fingerprint density at radius 2 is 2.00 bits per heavy atom. The second-order valence-corrected chi connectivity index (χ2v) is 6.63. The Labute approximate surface area is 158 Å². The first-order valence-corrected chi connectivity index (χ1v) is 9.17. The van der Waals surface area contributed by atoms with Crippen LogP contribution in [-0.4, -0.2) is 12.3 Å². The molecule has 0 spiro atoms. The molecule has 0 radical (unpaired) electrons. The second kappa shape index (κ2) is 8.47. The van der Waals surface area contributed by atoms with E-state index >= 15 is 4.39 Å². The smallest absolute Gasteiger partial charge is 0.181 e. The third-order valence-corrected chi connectivity index (χ3v) is 4.69. The molecule has 0 fully saturated rings. The first-order chi connectivity index (χ1) is 12.6. The number of hydrogen-bond donors (Lipinski definition) is 1. The second-order valence-electron chi connectivity index (χ2n) is 6.22. The summed E-state index contributed by atoms with van der Waals surface area (Å²) in [6.45, 7) is 4.05. The summed E-state index contributed by atoms with van der Waals surface area (Å²) in [5.74, 6) is 0.170. The van der Waals surface area contributed by atoms with E-state index in [9.17, 15) is 0 Å². The van der Waals surface area contributed by atoms with E-state index in [0.29, 0.717) is 11.3 Å². The van der Waals surface area contributed by atoms with Crippen LogP contribution in [0.5, 0.6) is 11.5 Å². The number of nitrogens with one attached hydrogen (secondary N) is 1. The van der Waals surface area contributed by atoms with Gasteiger partial charge >= 0.3 is 0 Å². The molecule has 0 unspecified atom stereocenters. The number of allylic oxidation sites excluding steroid dienone is 1. The van der Waals surface area contributed by atoms with Crippen LogP contribution in [0, 0.1) is 5.82 Å². The summed E-state index contributed by atoms with van der Waals surface area (Å²) in [4.78, 5) is 4.36. The normalized spacial score (nSPS) is 15.6. The maximum absolute atomic E-state index is 15.2. The van der Waals surface area contributed by atoms with Crippen molar-refractivity contribution in [2.24, 2.45) is 4.99 Å². The summed E-state index contributed by atoms with van der Waals surface area (Å²) >= 11 is 6.19. The number of benzene rings is 2. The van der Waals surface area contributed by atoms with Crippen molar-refractivity contribution < 1.29 is 9.13 Å². The van der Waals surface area contributed by atoms with Gasteiger partial charge in [0, 0.05) is 30.3 Å². The van der Waals surface area contributed by atoms with Crippen molar-refractivity contribution in [3.05, 3.63) is 70.6 Å². The van der Waals surface area contributed by atoms with E-state index in [4.69, 9.17) is 16.3 Å². The molecule has 0 amide bonds. The minimum atomic E-state index is -0.434. The molecule has 2 aromatic rings. The van der Waals surface area contributed by atoms with Crippen LogP contribution < -0.4 is 10.1 Å². The third kappa shape index (κ3) is 4.14. The SMILES string of the molecule is CC[C@@H](N[C@H](C)C1=CCC=N1)c1ccc(Cl)c(Oc2ccccc2)c1F. The van der Waals surface area contributed by atoms with Gasteiger partial charge in [-0.15, -0.1) is 0 Å². The number of para-hydroxylation sites is 1. The fourth-order valence-electron chi connectivity index (χ4n) is 3.00. The van der Waals surface area contributed by atoms with Gasteiger partial charge in [0.25, 0.3) is 0 Å². The van der Waals surface area contributed by atoms with Crippen LogP contribution in [0.25, 0.3) is 0 Å². The highest BCUT2D eigenvalue weighted by atomic mass is 35.5. The summed E-state index contributed by atoms with van der Waals surface area (Å²) in [6, 6.07) is 12.3. The lowest BCUT2D eigenvalue weighted by Gasteiger charge is -2.24. The molecular formula is C21H22ClFN2O. The number of nitrogens with zero attached hydrogens (tertiary/aromatic N) is 1. The number of hydrogen-bond acceptors (Lipinski definition) is 3. The molecule has 0 aromatic heterocycles. The van der Waals surface area contributed by atoms with Gasteiger partial charge in [-0.1, -0.05) is 48.9 Å². The average Bonchev–Trinajstić information content (AvgIpc) is 3.19. The summed E-state index contributed by atoms with van der Waals surface area (Å²) < 4.78 is 20.9. The van der Waals surface area contributed by atoms with Crippen molar-refractivity contribution in [3.8, 4) is 11.5 Å². The van der Waals surface area contributed by atoms with E-state index in [1.807, 2.05) is 38.3 Å². The lowest BCUT2D eigenvalue weighted by atomic mass is 10.0. The highest BCUT2D eigenvalue weighted by molar-refractivity contribution is 6.32. The average molecular weight is 373 g/mol. The zero-order valence-corrected chi connectivity index (χ0v) is 15.6. The largest absolute Gasteiger partial charge is 0.453 e. The van der Waals surface area contributed by atoms with Crippen LogP contribution in [0.2, 0.25) is 5.02 Å². The quantitative estimate of drug-likeness (QED) is 0.641. The topological polar surface area (TPSA) is 33.6 Å². The van der Waals surface area contributed by atoms with Crippen LogP contribution >= 0.6 is 11.6 Å². The van der Waals surface area contributed by atoms with Gasteiger partial charge in [0.2, 0.25) is 0 Å². The number of rotatable bonds is 7. The van der Waals surface area contributed by atoms with Crippen molar-refractivity contribution >= 4 is 17.8 Å². The first-order valence-electron chi connectivity index (χ1n) is 8.79. The van der Waals surface area contributed by atoms with Gasteiger partial charge in [0.05, 0.1) is 10.7 Å². The van der Waals surface area contributed by atoms with E-state index in [0.717, 1.165) is 18.5 Å². The van der Waals surface area contributed by atoms with Gasteiger partial charge in [0.15, 0.2) is 11.6 Å². The Balaban J connectivity index is 1.86. The minimum Gasteiger partial charge on any atom is -0.453 e. The maximum Gasteiger partial charge on any atom is 0.181 e. The molecule has 0 aliphatic carbocycles. The fraction of sp³-hybridized carbons (Fsp3) is 0.286. The molecule has 0 saturated heterocycles. The molecule has 1 heterocycles. The lowest BCUT2D eigenvalue weighted by Crippen LogP contribution is -2.31. The van der Waals surface area contributed by atoms with Crippen molar-refractivity contribution in [2.45, 2.75) is 38.8 Å². The predicted molar refractivity (Wildman–Crippen MR) is 105 cm³/mol. The molecule has 1 N–H and O–H groups in total. The van der Waals surface area contributed by atoms with Crippen molar-refractivity contribution in [1.82, 2.24) is 5.32 Å². The molecule has 1 aliphatic heterocycles. The maximum atomic E-state index is 15.2. The Morgan fingerprint density at radius 1 is 1.23 bits per heavy atom. The van der Waals surface area contributed by atoms with Crippen molar-refractivity contribution in [1.29, 1.82) is 0 Å². The van der Waals surface area contributed by atoms with E-state index in [1.165, 1.54) is 0 Å². The standard InChI is InChI=1S/C21H22ClFN2O/c1-3-18(25-14(2)19-10-7-13-24-19)16-11-12-17(22)21(20(16)23)26-15-8-5-4-6-9-15/h4-6,8-14,18,25H,3,7H2,1-2H3/t14-,18-/m1/s1. The molecule has 5 heteroatoms. The summed E-state index contributed by atoms with van der Waals surface area (Å²) in [6.07, 6.45) is 5.53.